The SMILES string of the molecule is [CH2]C1/C=C\CCCC(C)C1. The van der Waals surface area contributed by atoms with E-state index < -0.39 is 0 Å². The lowest BCUT2D eigenvalue weighted by molar-refractivity contribution is 0.436. The van der Waals surface area contributed by atoms with Crippen molar-refractivity contribution in [2.24, 2.45) is 11.8 Å². The van der Waals surface area contributed by atoms with E-state index in [9.17, 15) is 0 Å². The fraction of sp³-hybridized carbons (Fsp3) is 0.700. The molecule has 0 N–H and O–H groups in total. The van der Waals surface area contributed by atoms with Crippen LogP contribution >= 0.6 is 0 Å². The summed E-state index contributed by atoms with van der Waals surface area (Å²) in [5.74, 6) is 1.45. The fourth-order valence-electron chi connectivity index (χ4n) is 1.59. The molecule has 0 bridgehead atoms. The first-order chi connectivity index (χ1) is 4.79. The molecule has 0 aromatic heterocycles. The van der Waals surface area contributed by atoms with E-state index in [1.54, 1.807) is 0 Å². The van der Waals surface area contributed by atoms with E-state index >= 15 is 0 Å². The van der Waals surface area contributed by atoms with Gasteiger partial charge >= 0.3 is 0 Å². The van der Waals surface area contributed by atoms with Crippen molar-refractivity contribution in [1.82, 2.24) is 0 Å². The van der Waals surface area contributed by atoms with Crippen molar-refractivity contribution >= 4 is 0 Å². The van der Waals surface area contributed by atoms with Crippen LogP contribution in [0, 0.1) is 18.8 Å². The zero-order chi connectivity index (χ0) is 7.40. The van der Waals surface area contributed by atoms with Crippen LogP contribution in [-0.4, -0.2) is 0 Å². The van der Waals surface area contributed by atoms with Crippen LogP contribution in [0.1, 0.15) is 32.6 Å². The Morgan fingerprint density at radius 1 is 1.50 bits per heavy atom. The Hall–Kier alpha value is -0.260. The summed E-state index contributed by atoms with van der Waals surface area (Å²) in [4.78, 5) is 0. The van der Waals surface area contributed by atoms with Gasteiger partial charge in [0.1, 0.15) is 0 Å². The molecule has 0 fully saturated rings. The van der Waals surface area contributed by atoms with Crippen LogP contribution in [-0.2, 0) is 0 Å². The molecular formula is C10H17. The summed E-state index contributed by atoms with van der Waals surface area (Å²) < 4.78 is 0. The van der Waals surface area contributed by atoms with Crippen LogP contribution in [0.15, 0.2) is 12.2 Å². The lowest BCUT2D eigenvalue weighted by Crippen LogP contribution is -2.03. The Morgan fingerprint density at radius 3 is 3.10 bits per heavy atom. The highest BCUT2D eigenvalue weighted by molar-refractivity contribution is 4.92. The summed E-state index contributed by atoms with van der Waals surface area (Å²) >= 11 is 0. The second-order valence-corrected chi connectivity index (χ2v) is 3.46. The minimum absolute atomic E-state index is 0.565. The molecule has 0 heteroatoms. The van der Waals surface area contributed by atoms with Gasteiger partial charge in [-0.15, -0.1) is 0 Å². The summed E-state index contributed by atoms with van der Waals surface area (Å²) in [6.45, 7) is 6.39. The second-order valence-electron chi connectivity index (χ2n) is 3.46. The zero-order valence-electron chi connectivity index (χ0n) is 6.84. The van der Waals surface area contributed by atoms with E-state index in [2.05, 4.69) is 26.0 Å². The maximum Gasteiger partial charge on any atom is -0.0231 e. The Kier molecular flexibility index (Phi) is 2.98. The predicted octanol–water partition coefficient (Wildman–Crippen LogP) is 3.20. The number of hydrogen-bond donors (Lipinski definition) is 0. The molecule has 0 spiro atoms. The van der Waals surface area contributed by atoms with Gasteiger partial charge in [-0.1, -0.05) is 25.5 Å². The number of allylic oxidation sites excluding steroid dienone is 2. The molecule has 0 saturated heterocycles. The van der Waals surface area contributed by atoms with Gasteiger partial charge in [0.25, 0.3) is 0 Å². The molecule has 0 nitrogen and oxygen atoms in total. The minimum atomic E-state index is 0.565. The van der Waals surface area contributed by atoms with Crippen LogP contribution in [0.25, 0.3) is 0 Å². The van der Waals surface area contributed by atoms with Crippen molar-refractivity contribution in [2.75, 3.05) is 0 Å². The largest absolute Gasteiger partial charge is 0.0883 e. The Bertz CT molecular complexity index is 113. The van der Waals surface area contributed by atoms with Crippen molar-refractivity contribution in [3.05, 3.63) is 19.1 Å². The fourth-order valence-corrected chi connectivity index (χ4v) is 1.59. The van der Waals surface area contributed by atoms with Gasteiger partial charge in [-0.2, -0.15) is 0 Å². The highest BCUT2D eigenvalue weighted by Crippen LogP contribution is 2.21. The molecule has 2 atom stereocenters. The molecule has 1 aliphatic carbocycles. The minimum Gasteiger partial charge on any atom is -0.0883 e. The zero-order valence-corrected chi connectivity index (χ0v) is 6.84. The van der Waals surface area contributed by atoms with Crippen molar-refractivity contribution in [1.29, 1.82) is 0 Å². The summed E-state index contributed by atoms with van der Waals surface area (Å²) in [6, 6.07) is 0. The number of rotatable bonds is 0. The van der Waals surface area contributed by atoms with Crippen molar-refractivity contribution in [3.8, 4) is 0 Å². The van der Waals surface area contributed by atoms with Gasteiger partial charge in [-0.25, -0.2) is 0 Å². The van der Waals surface area contributed by atoms with Gasteiger partial charge in [-0.05, 0) is 38.0 Å². The Balaban J connectivity index is 2.40. The first-order valence-electron chi connectivity index (χ1n) is 4.29. The predicted molar refractivity (Wildman–Crippen MR) is 45.6 cm³/mol. The third-order valence-corrected chi connectivity index (χ3v) is 2.18. The quantitative estimate of drug-likeness (QED) is 0.450. The third kappa shape index (κ3) is 2.55. The first kappa shape index (κ1) is 7.84. The van der Waals surface area contributed by atoms with Gasteiger partial charge in [0.05, 0.1) is 0 Å². The van der Waals surface area contributed by atoms with Gasteiger partial charge in [0.15, 0.2) is 0 Å². The van der Waals surface area contributed by atoms with Crippen LogP contribution in [0.3, 0.4) is 0 Å². The lowest BCUT2D eigenvalue weighted by Gasteiger charge is -2.16. The van der Waals surface area contributed by atoms with Crippen molar-refractivity contribution < 1.29 is 0 Å². The Labute approximate surface area is 64.3 Å². The van der Waals surface area contributed by atoms with Crippen LogP contribution < -0.4 is 0 Å². The van der Waals surface area contributed by atoms with E-state index in [-0.39, 0.29) is 0 Å². The van der Waals surface area contributed by atoms with E-state index in [1.807, 2.05) is 0 Å². The summed E-state index contributed by atoms with van der Waals surface area (Å²) in [5.41, 5.74) is 0. The molecule has 0 heterocycles. The standard InChI is InChI=1S/C10H17/c1-9-6-4-3-5-7-10(2)8-9/h4,6,9-10H,1,3,5,7-8H2,2H3/b6-4-. The lowest BCUT2D eigenvalue weighted by atomic mass is 9.90. The monoisotopic (exact) mass is 137 g/mol. The molecule has 0 aromatic rings. The van der Waals surface area contributed by atoms with E-state index in [0.29, 0.717) is 5.92 Å². The highest BCUT2D eigenvalue weighted by atomic mass is 14.1. The summed E-state index contributed by atoms with van der Waals surface area (Å²) in [6.07, 6.45) is 9.83. The molecule has 10 heavy (non-hydrogen) atoms. The van der Waals surface area contributed by atoms with Crippen LogP contribution in [0.4, 0.5) is 0 Å². The maximum atomic E-state index is 4.06. The molecular weight excluding hydrogens is 120 g/mol. The molecule has 2 unspecified atom stereocenters. The summed E-state index contributed by atoms with van der Waals surface area (Å²) in [7, 11) is 0. The molecule has 0 aromatic carbocycles. The molecule has 1 aliphatic rings. The topological polar surface area (TPSA) is 0 Å². The molecule has 0 saturated carbocycles. The normalized spacial score (nSPS) is 38.2. The van der Waals surface area contributed by atoms with E-state index in [4.69, 9.17) is 0 Å². The van der Waals surface area contributed by atoms with Crippen molar-refractivity contribution in [2.45, 2.75) is 32.6 Å². The maximum absolute atomic E-state index is 4.06. The molecule has 0 amide bonds. The average molecular weight is 137 g/mol. The van der Waals surface area contributed by atoms with Crippen LogP contribution in [0.2, 0.25) is 0 Å². The van der Waals surface area contributed by atoms with Gasteiger partial charge < -0.3 is 0 Å². The Morgan fingerprint density at radius 2 is 2.30 bits per heavy atom. The van der Waals surface area contributed by atoms with Crippen LogP contribution in [0.5, 0.6) is 0 Å². The third-order valence-electron chi connectivity index (χ3n) is 2.18. The molecule has 1 rings (SSSR count). The summed E-state index contributed by atoms with van der Waals surface area (Å²) in [5, 5.41) is 0. The molecule has 0 aliphatic heterocycles. The second kappa shape index (κ2) is 3.80. The smallest absolute Gasteiger partial charge is 0.0231 e. The van der Waals surface area contributed by atoms with Gasteiger partial charge in [0, 0.05) is 0 Å². The molecule has 57 valence electrons. The number of hydrogen-bond acceptors (Lipinski definition) is 0. The van der Waals surface area contributed by atoms with E-state index in [1.165, 1.54) is 25.7 Å². The highest BCUT2D eigenvalue weighted by Gasteiger charge is 2.07. The van der Waals surface area contributed by atoms with E-state index in [0.717, 1.165) is 5.92 Å². The van der Waals surface area contributed by atoms with Crippen molar-refractivity contribution in [3.63, 3.8) is 0 Å². The first-order valence-corrected chi connectivity index (χ1v) is 4.29. The average Bonchev–Trinajstić information content (AvgIpc) is 1.83. The van der Waals surface area contributed by atoms with Gasteiger partial charge in [0.2, 0.25) is 0 Å². The molecule has 1 radical (unpaired) electrons. The van der Waals surface area contributed by atoms with Gasteiger partial charge in [-0.3, -0.25) is 0 Å².